The largest absolute Gasteiger partial charge is 0.283 e. The molecule has 4 nitrogen and oxygen atoms in total. The summed E-state index contributed by atoms with van der Waals surface area (Å²) in [6.07, 6.45) is 1.47. The van der Waals surface area contributed by atoms with Gasteiger partial charge in [-0.15, -0.1) is 0 Å². The van der Waals surface area contributed by atoms with E-state index in [9.17, 15) is 4.79 Å². The first kappa shape index (κ1) is 6.10. The van der Waals surface area contributed by atoms with Gasteiger partial charge in [-0.05, 0) is 6.07 Å². The van der Waals surface area contributed by atoms with Gasteiger partial charge in [0.25, 0.3) is 5.91 Å². The molecule has 0 atom stereocenters. The Morgan fingerprint density at radius 3 is 3.11 bits per heavy atom. The van der Waals surface area contributed by atoms with Crippen LogP contribution in [0.25, 0.3) is 0 Å². The zero-order valence-electron chi connectivity index (χ0n) is 4.39. The molecule has 1 aromatic rings. The van der Waals surface area contributed by atoms with Gasteiger partial charge in [0, 0.05) is 18.0 Å². The first-order valence-corrected chi connectivity index (χ1v) is 2.62. The highest BCUT2D eigenvalue weighted by Crippen LogP contribution is 1.89. The Hall–Kier alpha value is -1.03. The molecule has 0 aliphatic carbocycles. The number of aromatic amines is 1. The average molecular weight is 146 g/mol. The normalized spacial score (nSPS) is 9.00. The molecule has 5 heteroatoms. The van der Waals surface area contributed by atoms with Crippen molar-refractivity contribution in [3.8, 4) is 0 Å². The van der Waals surface area contributed by atoms with Gasteiger partial charge in [-0.1, -0.05) is 0 Å². The Kier molecular flexibility index (Phi) is 1.69. The van der Waals surface area contributed by atoms with Crippen molar-refractivity contribution in [3.05, 3.63) is 18.0 Å². The summed E-state index contributed by atoms with van der Waals surface area (Å²) in [4.78, 5) is 12.5. The van der Waals surface area contributed by atoms with Gasteiger partial charge in [0.1, 0.15) is 5.69 Å². The number of hydrogen-bond acceptors (Lipinski definition) is 2. The van der Waals surface area contributed by atoms with Gasteiger partial charge in [-0.25, -0.2) is 0 Å². The van der Waals surface area contributed by atoms with Crippen LogP contribution in [0.1, 0.15) is 10.5 Å². The Balaban J connectivity index is 2.77. The van der Waals surface area contributed by atoms with E-state index >= 15 is 0 Å². The van der Waals surface area contributed by atoms with Crippen LogP contribution >= 0.6 is 11.8 Å². The molecule has 0 bridgehead atoms. The van der Waals surface area contributed by atoms with Crippen LogP contribution in [0, 0.1) is 0 Å². The number of H-pyrrole nitrogens is 1. The van der Waals surface area contributed by atoms with Crippen LogP contribution in [-0.2, 0) is 0 Å². The number of carbonyl (C=O) groups is 1. The molecule has 0 aliphatic rings. The lowest BCUT2D eigenvalue weighted by Crippen LogP contribution is -2.12. The van der Waals surface area contributed by atoms with E-state index in [1.807, 2.05) is 4.84 Å². The lowest BCUT2D eigenvalue weighted by Gasteiger charge is -1.87. The highest BCUT2D eigenvalue weighted by molar-refractivity contribution is 6.23. The van der Waals surface area contributed by atoms with E-state index in [1.54, 1.807) is 0 Å². The van der Waals surface area contributed by atoms with Gasteiger partial charge in [0.05, 0.1) is 0 Å². The molecule has 0 radical (unpaired) electrons. The van der Waals surface area contributed by atoms with Crippen molar-refractivity contribution in [1.29, 1.82) is 0 Å². The summed E-state index contributed by atoms with van der Waals surface area (Å²) in [6, 6.07) is 1.53. The number of amides is 1. The molecule has 2 N–H and O–H groups in total. The maximum absolute atomic E-state index is 10.6. The molecule has 0 fully saturated rings. The van der Waals surface area contributed by atoms with E-state index < -0.39 is 0 Å². The average Bonchev–Trinajstić information content (AvgIpc) is 2.37. The minimum absolute atomic E-state index is 0.352. The molecular formula is C4H4ClN3O. The zero-order chi connectivity index (χ0) is 6.69. The smallest absolute Gasteiger partial charge is 0.273 e. The van der Waals surface area contributed by atoms with Crippen LogP contribution in [0.2, 0.25) is 0 Å². The third kappa shape index (κ3) is 1.20. The van der Waals surface area contributed by atoms with Gasteiger partial charge < -0.3 is 0 Å². The highest BCUT2D eigenvalue weighted by atomic mass is 35.5. The van der Waals surface area contributed by atoms with E-state index in [0.29, 0.717) is 5.69 Å². The van der Waals surface area contributed by atoms with Gasteiger partial charge in [-0.3, -0.25) is 14.7 Å². The van der Waals surface area contributed by atoms with Crippen LogP contribution < -0.4 is 4.84 Å². The fourth-order valence-electron chi connectivity index (χ4n) is 0.433. The van der Waals surface area contributed by atoms with E-state index in [-0.39, 0.29) is 5.91 Å². The van der Waals surface area contributed by atoms with Crippen molar-refractivity contribution in [2.75, 3.05) is 0 Å². The third-order valence-corrected chi connectivity index (χ3v) is 1.00. The van der Waals surface area contributed by atoms with Gasteiger partial charge in [0.15, 0.2) is 0 Å². The topological polar surface area (TPSA) is 57.8 Å². The number of hydrogen-bond donors (Lipinski definition) is 2. The third-order valence-electron chi connectivity index (χ3n) is 0.831. The van der Waals surface area contributed by atoms with Crippen LogP contribution in [0.5, 0.6) is 0 Å². The summed E-state index contributed by atoms with van der Waals surface area (Å²) < 4.78 is 0. The van der Waals surface area contributed by atoms with Gasteiger partial charge >= 0.3 is 0 Å². The van der Waals surface area contributed by atoms with E-state index in [0.717, 1.165) is 0 Å². The van der Waals surface area contributed by atoms with Crippen LogP contribution in [-0.4, -0.2) is 16.1 Å². The summed E-state index contributed by atoms with van der Waals surface area (Å²) in [5, 5.41) is 5.99. The number of rotatable bonds is 1. The minimum Gasteiger partial charge on any atom is -0.273 e. The molecular weight excluding hydrogens is 142 g/mol. The van der Waals surface area contributed by atoms with Crippen molar-refractivity contribution in [3.63, 3.8) is 0 Å². The van der Waals surface area contributed by atoms with Crippen LogP contribution in [0.3, 0.4) is 0 Å². The number of halogens is 1. The Bertz CT molecular complexity index is 196. The standard InChI is InChI=1S/C4H4ClN3O/c5-7-4(9)3-1-2-6-8-3/h1-2H,(H,6,8)(H,7,9). The minimum atomic E-state index is -0.380. The second kappa shape index (κ2) is 2.50. The predicted octanol–water partition coefficient (Wildman–Crippen LogP) is 0.293. The first-order valence-electron chi connectivity index (χ1n) is 2.25. The molecule has 0 aromatic carbocycles. The van der Waals surface area contributed by atoms with Gasteiger partial charge in [-0.2, -0.15) is 5.10 Å². The SMILES string of the molecule is O=C(NCl)c1ccn[nH]1. The molecule has 1 heterocycles. The predicted molar refractivity (Wildman–Crippen MR) is 31.9 cm³/mol. The molecule has 0 saturated carbocycles. The molecule has 1 amide bonds. The summed E-state index contributed by atoms with van der Waals surface area (Å²) in [5.74, 6) is -0.380. The lowest BCUT2D eigenvalue weighted by atomic mass is 10.4. The second-order valence-electron chi connectivity index (χ2n) is 1.39. The quantitative estimate of drug-likeness (QED) is 0.559. The van der Waals surface area contributed by atoms with E-state index in [2.05, 4.69) is 10.2 Å². The zero-order valence-corrected chi connectivity index (χ0v) is 5.14. The van der Waals surface area contributed by atoms with Crippen molar-refractivity contribution in [2.45, 2.75) is 0 Å². The van der Waals surface area contributed by atoms with E-state index in [4.69, 9.17) is 11.8 Å². The van der Waals surface area contributed by atoms with Crippen LogP contribution in [0.15, 0.2) is 12.3 Å². The molecule has 1 aromatic heterocycles. The van der Waals surface area contributed by atoms with Crippen molar-refractivity contribution < 1.29 is 4.79 Å². The van der Waals surface area contributed by atoms with Gasteiger partial charge in [0.2, 0.25) is 0 Å². The first-order chi connectivity index (χ1) is 4.34. The highest BCUT2D eigenvalue weighted by Gasteiger charge is 2.01. The summed E-state index contributed by atoms with van der Waals surface area (Å²) in [7, 11) is 0. The fraction of sp³-hybridized carbons (Fsp3) is 0. The molecule has 0 unspecified atom stereocenters. The van der Waals surface area contributed by atoms with Crippen LogP contribution in [0.4, 0.5) is 0 Å². The molecule has 0 aliphatic heterocycles. The maximum atomic E-state index is 10.6. The molecule has 48 valence electrons. The Labute approximate surface area is 56.3 Å². The fourth-order valence-corrected chi connectivity index (χ4v) is 0.535. The number of nitrogens with zero attached hydrogens (tertiary/aromatic N) is 1. The molecule has 0 spiro atoms. The molecule has 1 rings (SSSR count). The van der Waals surface area contributed by atoms with Crippen molar-refractivity contribution in [1.82, 2.24) is 15.0 Å². The Morgan fingerprint density at radius 2 is 2.67 bits per heavy atom. The number of nitrogens with one attached hydrogen (secondary N) is 2. The molecule has 0 saturated heterocycles. The summed E-state index contributed by atoms with van der Waals surface area (Å²) in [6.45, 7) is 0. The summed E-state index contributed by atoms with van der Waals surface area (Å²) >= 11 is 5.00. The Morgan fingerprint density at radius 1 is 1.89 bits per heavy atom. The second-order valence-corrected chi connectivity index (χ2v) is 1.58. The lowest BCUT2D eigenvalue weighted by molar-refractivity contribution is 0.0977. The summed E-state index contributed by atoms with van der Waals surface area (Å²) in [5.41, 5.74) is 0.352. The van der Waals surface area contributed by atoms with Crippen molar-refractivity contribution >= 4 is 17.7 Å². The van der Waals surface area contributed by atoms with Crippen molar-refractivity contribution in [2.24, 2.45) is 0 Å². The molecule has 9 heavy (non-hydrogen) atoms. The maximum Gasteiger partial charge on any atom is 0.283 e. The number of aromatic nitrogens is 2. The van der Waals surface area contributed by atoms with E-state index in [1.165, 1.54) is 12.3 Å². The number of carbonyl (C=O) groups excluding carboxylic acids is 1. The monoisotopic (exact) mass is 145 g/mol.